The van der Waals surface area contributed by atoms with Gasteiger partial charge in [0.05, 0.1) is 6.61 Å². The first-order valence-electron chi connectivity index (χ1n) is 7.35. The van der Waals surface area contributed by atoms with E-state index in [-0.39, 0.29) is 0 Å². The van der Waals surface area contributed by atoms with Crippen molar-refractivity contribution in [3.63, 3.8) is 0 Å². The van der Waals surface area contributed by atoms with Crippen molar-refractivity contribution in [2.75, 3.05) is 39.1 Å². The number of ether oxygens (including phenoxy) is 1. The number of nitrogens with two attached hydrogens (primary N) is 1. The summed E-state index contributed by atoms with van der Waals surface area (Å²) < 4.78 is 5.53. The maximum atomic E-state index is 5.96. The predicted octanol–water partition coefficient (Wildman–Crippen LogP) is 2.56. The fraction of sp³-hybridized carbons (Fsp3) is 0.625. The molecule has 0 aliphatic carbocycles. The van der Waals surface area contributed by atoms with Crippen molar-refractivity contribution in [3.05, 3.63) is 29.8 Å². The van der Waals surface area contributed by atoms with E-state index in [4.69, 9.17) is 10.5 Å². The summed E-state index contributed by atoms with van der Waals surface area (Å²) in [4.78, 5) is 2.43. The first-order valence-corrected chi connectivity index (χ1v) is 7.35. The van der Waals surface area contributed by atoms with Gasteiger partial charge < -0.3 is 15.4 Å². The molecule has 0 bridgehead atoms. The highest BCUT2D eigenvalue weighted by Crippen LogP contribution is 2.16. The Morgan fingerprint density at radius 1 is 1.37 bits per heavy atom. The van der Waals surface area contributed by atoms with Crippen LogP contribution in [0.1, 0.15) is 24.8 Å². The van der Waals surface area contributed by atoms with Gasteiger partial charge in [-0.05, 0) is 56.8 Å². The van der Waals surface area contributed by atoms with E-state index in [1.54, 1.807) is 0 Å². The van der Waals surface area contributed by atoms with Crippen LogP contribution >= 0.6 is 0 Å². The Morgan fingerprint density at radius 2 is 2.21 bits per heavy atom. The summed E-state index contributed by atoms with van der Waals surface area (Å²) in [6, 6.07) is 8.17. The lowest BCUT2D eigenvalue weighted by Gasteiger charge is -2.27. The molecule has 0 saturated carbocycles. The fourth-order valence-electron chi connectivity index (χ4n) is 2.78. The second-order valence-corrected chi connectivity index (χ2v) is 5.65. The molecule has 1 saturated heterocycles. The van der Waals surface area contributed by atoms with Gasteiger partial charge in [0.2, 0.25) is 0 Å². The van der Waals surface area contributed by atoms with Gasteiger partial charge in [0.1, 0.15) is 0 Å². The van der Waals surface area contributed by atoms with E-state index in [0.29, 0.717) is 0 Å². The number of anilines is 1. The molecule has 2 N–H and O–H groups in total. The molecule has 0 radical (unpaired) electrons. The van der Waals surface area contributed by atoms with Gasteiger partial charge in [0, 0.05) is 18.8 Å². The van der Waals surface area contributed by atoms with Crippen molar-refractivity contribution >= 4 is 5.69 Å². The van der Waals surface area contributed by atoms with E-state index < -0.39 is 0 Å². The van der Waals surface area contributed by atoms with Gasteiger partial charge in [-0.1, -0.05) is 18.2 Å². The fourth-order valence-corrected chi connectivity index (χ4v) is 2.78. The number of aryl methyl sites for hydroxylation is 1. The van der Waals surface area contributed by atoms with Crippen LogP contribution < -0.4 is 5.73 Å². The minimum atomic E-state index is 0.723. The lowest BCUT2D eigenvalue weighted by Crippen LogP contribution is -2.31. The molecule has 1 fully saturated rings. The van der Waals surface area contributed by atoms with Gasteiger partial charge in [-0.2, -0.15) is 0 Å². The molecule has 1 unspecified atom stereocenters. The summed E-state index contributed by atoms with van der Waals surface area (Å²) in [5.41, 5.74) is 8.15. The number of nitrogens with zero attached hydrogens (tertiary/aromatic N) is 1. The van der Waals surface area contributed by atoms with Gasteiger partial charge >= 0.3 is 0 Å². The molecule has 2 rings (SSSR count). The molecule has 0 aromatic heterocycles. The quantitative estimate of drug-likeness (QED) is 0.801. The molecule has 1 heterocycles. The van der Waals surface area contributed by atoms with Crippen LogP contribution in [0.25, 0.3) is 0 Å². The maximum Gasteiger partial charge on any atom is 0.0506 e. The highest BCUT2D eigenvalue weighted by molar-refractivity contribution is 5.46. The second-order valence-electron chi connectivity index (χ2n) is 5.65. The molecule has 3 heteroatoms. The van der Waals surface area contributed by atoms with Crippen LogP contribution in [0.5, 0.6) is 0 Å². The zero-order valence-electron chi connectivity index (χ0n) is 12.0. The monoisotopic (exact) mass is 262 g/mol. The van der Waals surface area contributed by atoms with Crippen molar-refractivity contribution in [3.8, 4) is 0 Å². The molecule has 106 valence electrons. The van der Waals surface area contributed by atoms with Crippen LogP contribution in [0.3, 0.4) is 0 Å². The van der Waals surface area contributed by atoms with Crippen molar-refractivity contribution in [2.24, 2.45) is 5.92 Å². The van der Waals surface area contributed by atoms with Crippen molar-refractivity contribution < 1.29 is 4.74 Å². The summed E-state index contributed by atoms with van der Waals surface area (Å²) >= 11 is 0. The molecule has 0 amide bonds. The number of rotatable bonds is 6. The third kappa shape index (κ3) is 4.84. The van der Waals surface area contributed by atoms with Crippen LogP contribution in [0, 0.1) is 5.92 Å². The predicted molar refractivity (Wildman–Crippen MR) is 80.2 cm³/mol. The Labute approximate surface area is 116 Å². The molecular formula is C16H26N2O. The number of benzene rings is 1. The molecule has 19 heavy (non-hydrogen) atoms. The Hall–Kier alpha value is -1.06. The summed E-state index contributed by atoms with van der Waals surface area (Å²) in [5, 5.41) is 0. The first kappa shape index (κ1) is 14.4. The summed E-state index contributed by atoms with van der Waals surface area (Å²) in [6.45, 7) is 4.18. The molecule has 0 spiro atoms. The van der Waals surface area contributed by atoms with Gasteiger partial charge in [-0.25, -0.2) is 0 Å². The number of para-hydroxylation sites is 1. The summed E-state index contributed by atoms with van der Waals surface area (Å²) in [7, 11) is 2.21. The van der Waals surface area contributed by atoms with Crippen LogP contribution in [0.4, 0.5) is 5.69 Å². The topological polar surface area (TPSA) is 38.5 Å². The average molecular weight is 262 g/mol. The Kier molecular flexibility index (Phi) is 5.67. The van der Waals surface area contributed by atoms with E-state index in [1.165, 1.54) is 18.4 Å². The van der Waals surface area contributed by atoms with Gasteiger partial charge in [-0.15, -0.1) is 0 Å². The third-order valence-electron chi connectivity index (χ3n) is 3.87. The molecule has 1 atom stereocenters. The molecule has 1 aliphatic rings. The highest BCUT2D eigenvalue weighted by Gasteiger charge is 2.15. The van der Waals surface area contributed by atoms with Crippen molar-refractivity contribution in [1.29, 1.82) is 0 Å². The van der Waals surface area contributed by atoms with E-state index in [9.17, 15) is 0 Å². The van der Waals surface area contributed by atoms with Crippen molar-refractivity contribution in [1.82, 2.24) is 4.90 Å². The van der Waals surface area contributed by atoms with E-state index in [1.807, 2.05) is 12.1 Å². The minimum absolute atomic E-state index is 0.723. The zero-order valence-corrected chi connectivity index (χ0v) is 12.0. The average Bonchev–Trinajstić information content (AvgIpc) is 2.42. The number of nitrogen functional groups attached to an aromatic ring is 1. The Bertz CT molecular complexity index is 375. The summed E-state index contributed by atoms with van der Waals surface area (Å²) in [5.74, 6) is 0.723. The zero-order chi connectivity index (χ0) is 13.5. The Morgan fingerprint density at radius 3 is 2.95 bits per heavy atom. The maximum absolute atomic E-state index is 5.96. The molecule has 1 aromatic carbocycles. The minimum Gasteiger partial charge on any atom is -0.399 e. The molecular weight excluding hydrogens is 236 g/mol. The van der Waals surface area contributed by atoms with Crippen LogP contribution in [0.15, 0.2) is 24.3 Å². The SMILES string of the molecule is CN(CCCc1ccccc1N)CC1CCCOC1. The van der Waals surface area contributed by atoms with E-state index in [2.05, 4.69) is 24.1 Å². The van der Waals surface area contributed by atoms with Gasteiger partial charge in [0.25, 0.3) is 0 Å². The number of hydrogen-bond acceptors (Lipinski definition) is 3. The smallest absolute Gasteiger partial charge is 0.0506 e. The van der Waals surface area contributed by atoms with Crippen LogP contribution in [-0.4, -0.2) is 38.3 Å². The summed E-state index contributed by atoms with van der Waals surface area (Å²) in [6.07, 6.45) is 4.77. The third-order valence-corrected chi connectivity index (χ3v) is 3.87. The van der Waals surface area contributed by atoms with Gasteiger partial charge in [-0.3, -0.25) is 0 Å². The second kappa shape index (κ2) is 7.51. The lowest BCUT2D eigenvalue weighted by molar-refractivity contribution is 0.0420. The molecule has 3 nitrogen and oxygen atoms in total. The van der Waals surface area contributed by atoms with E-state index >= 15 is 0 Å². The first-order chi connectivity index (χ1) is 9.25. The standard InChI is InChI=1S/C16H26N2O/c1-18(12-14-6-5-11-19-13-14)10-4-8-15-7-2-3-9-16(15)17/h2-3,7,9,14H,4-6,8,10-13,17H2,1H3. The van der Waals surface area contributed by atoms with Gasteiger partial charge in [0.15, 0.2) is 0 Å². The number of hydrogen-bond donors (Lipinski definition) is 1. The molecule has 1 aromatic rings. The normalized spacial score (nSPS) is 19.8. The lowest BCUT2D eigenvalue weighted by atomic mass is 10.0. The largest absolute Gasteiger partial charge is 0.399 e. The van der Waals surface area contributed by atoms with Crippen LogP contribution in [-0.2, 0) is 11.2 Å². The highest BCUT2D eigenvalue weighted by atomic mass is 16.5. The van der Waals surface area contributed by atoms with Crippen molar-refractivity contribution in [2.45, 2.75) is 25.7 Å². The Balaban J connectivity index is 1.66. The van der Waals surface area contributed by atoms with Crippen LogP contribution in [0.2, 0.25) is 0 Å². The van der Waals surface area contributed by atoms with E-state index in [0.717, 1.165) is 50.8 Å². The molecule has 1 aliphatic heterocycles.